The van der Waals surface area contributed by atoms with Crippen LogP contribution < -0.4 is 4.72 Å². The van der Waals surface area contributed by atoms with E-state index in [1.165, 1.54) is 12.1 Å². The van der Waals surface area contributed by atoms with Gasteiger partial charge in [0.05, 0.1) is 4.90 Å². The largest absolute Gasteiger partial charge is 0.480 e. The molecule has 0 radical (unpaired) electrons. The molecule has 0 aliphatic carbocycles. The lowest BCUT2D eigenvalue weighted by atomic mass is 10.1. The van der Waals surface area contributed by atoms with Crippen LogP contribution in [0.1, 0.15) is 13.8 Å². The summed E-state index contributed by atoms with van der Waals surface area (Å²) in [5.41, 5.74) is 0. The topological polar surface area (TPSA) is 83.5 Å². The van der Waals surface area contributed by atoms with Crippen LogP contribution in [0.25, 0.3) is 10.8 Å². The lowest BCUT2D eigenvalue weighted by molar-refractivity contribution is -0.140. The molecule has 0 aliphatic heterocycles. The molecule has 2 rings (SSSR count). The summed E-state index contributed by atoms with van der Waals surface area (Å²) in [5, 5.41) is 10.8. The highest BCUT2D eigenvalue weighted by atomic mass is 32.2. The summed E-state index contributed by atoms with van der Waals surface area (Å²) in [7, 11) is -3.87. The van der Waals surface area contributed by atoms with Gasteiger partial charge in [-0.2, -0.15) is 4.72 Å². The summed E-state index contributed by atoms with van der Waals surface area (Å²) >= 11 is 0. The summed E-state index contributed by atoms with van der Waals surface area (Å²) in [6.07, 6.45) is 0. The molecule has 0 heterocycles. The Labute approximate surface area is 123 Å². The van der Waals surface area contributed by atoms with Crippen molar-refractivity contribution < 1.29 is 18.3 Å². The third kappa shape index (κ3) is 3.40. The minimum Gasteiger partial charge on any atom is -0.480 e. The van der Waals surface area contributed by atoms with Crippen LogP contribution in [0, 0.1) is 5.92 Å². The number of benzene rings is 2. The first-order valence-electron chi connectivity index (χ1n) is 6.55. The van der Waals surface area contributed by atoms with Crippen LogP contribution in [-0.4, -0.2) is 25.5 Å². The van der Waals surface area contributed by atoms with Crippen molar-refractivity contribution in [1.29, 1.82) is 0 Å². The van der Waals surface area contributed by atoms with Crippen molar-refractivity contribution in [2.45, 2.75) is 24.8 Å². The van der Waals surface area contributed by atoms with Crippen molar-refractivity contribution in [3.8, 4) is 0 Å². The summed E-state index contributed by atoms with van der Waals surface area (Å²) in [5.74, 6) is -1.54. The predicted molar refractivity (Wildman–Crippen MR) is 80.5 cm³/mol. The first-order chi connectivity index (χ1) is 9.81. The molecule has 0 saturated carbocycles. The number of hydrogen-bond donors (Lipinski definition) is 2. The van der Waals surface area contributed by atoms with Gasteiger partial charge in [-0.15, -0.1) is 0 Å². The molecule has 2 aromatic rings. The molecule has 2 aromatic carbocycles. The fourth-order valence-corrected chi connectivity index (χ4v) is 3.41. The van der Waals surface area contributed by atoms with Crippen LogP contribution in [0.4, 0.5) is 0 Å². The van der Waals surface area contributed by atoms with Crippen molar-refractivity contribution in [1.82, 2.24) is 4.72 Å². The van der Waals surface area contributed by atoms with Crippen molar-refractivity contribution in [3.05, 3.63) is 42.5 Å². The number of carboxylic acids is 1. The van der Waals surface area contributed by atoms with Gasteiger partial charge in [-0.3, -0.25) is 4.79 Å². The number of sulfonamides is 1. The van der Waals surface area contributed by atoms with Gasteiger partial charge >= 0.3 is 5.97 Å². The second kappa shape index (κ2) is 5.83. The van der Waals surface area contributed by atoms with Gasteiger partial charge in [0.1, 0.15) is 6.04 Å². The quantitative estimate of drug-likeness (QED) is 0.887. The fraction of sp³-hybridized carbons (Fsp3) is 0.267. The molecule has 0 saturated heterocycles. The zero-order valence-corrected chi connectivity index (χ0v) is 12.6. The van der Waals surface area contributed by atoms with Gasteiger partial charge in [0.15, 0.2) is 0 Å². The minimum atomic E-state index is -3.87. The number of aliphatic carboxylic acids is 1. The van der Waals surface area contributed by atoms with E-state index in [4.69, 9.17) is 5.11 Å². The maximum absolute atomic E-state index is 12.3. The molecule has 0 aromatic heterocycles. The summed E-state index contributed by atoms with van der Waals surface area (Å²) in [4.78, 5) is 11.2. The minimum absolute atomic E-state index is 0.0631. The van der Waals surface area contributed by atoms with E-state index in [1.54, 1.807) is 19.9 Å². The third-order valence-corrected chi connectivity index (χ3v) is 4.68. The molecular formula is C15H17NO4S. The molecule has 0 bridgehead atoms. The van der Waals surface area contributed by atoms with Crippen LogP contribution in [0.3, 0.4) is 0 Å². The SMILES string of the molecule is CC(C)[C@@H](NS(=O)(=O)c1ccc2ccccc2c1)C(=O)O. The first-order valence-corrected chi connectivity index (χ1v) is 8.03. The average Bonchev–Trinajstić information content (AvgIpc) is 2.43. The molecule has 0 amide bonds. The van der Waals surface area contributed by atoms with E-state index in [2.05, 4.69) is 4.72 Å². The maximum atomic E-state index is 12.3. The monoisotopic (exact) mass is 307 g/mol. The van der Waals surface area contributed by atoms with Gasteiger partial charge in [0, 0.05) is 0 Å². The lowest BCUT2D eigenvalue weighted by Gasteiger charge is -2.18. The van der Waals surface area contributed by atoms with Gasteiger partial charge in [0.2, 0.25) is 10.0 Å². The average molecular weight is 307 g/mol. The first kappa shape index (κ1) is 15.5. The Hall–Kier alpha value is -1.92. The van der Waals surface area contributed by atoms with Crippen molar-refractivity contribution in [3.63, 3.8) is 0 Å². The molecule has 0 unspecified atom stereocenters. The molecule has 0 aliphatic rings. The van der Waals surface area contributed by atoms with Gasteiger partial charge < -0.3 is 5.11 Å². The van der Waals surface area contributed by atoms with E-state index < -0.39 is 22.0 Å². The second-order valence-electron chi connectivity index (χ2n) is 5.19. The van der Waals surface area contributed by atoms with Crippen molar-refractivity contribution in [2.24, 2.45) is 5.92 Å². The Morgan fingerprint density at radius 3 is 2.29 bits per heavy atom. The van der Waals surface area contributed by atoms with E-state index in [0.29, 0.717) is 0 Å². The zero-order valence-electron chi connectivity index (χ0n) is 11.8. The Kier molecular flexibility index (Phi) is 4.29. The summed E-state index contributed by atoms with van der Waals surface area (Å²) < 4.78 is 26.9. The predicted octanol–water partition coefficient (Wildman–Crippen LogP) is 2.23. The van der Waals surface area contributed by atoms with Gasteiger partial charge in [-0.1, -0.05) is 44.2 Å². The molecule has 21 heavy (non-hydrogen) atoms. The van der Waals surface area contributed by atoms with Crippen molar-refractivity contribution >= 4 is 26.8 Å². The number of hydrogen-bond acceptors (Lipinski definition) is 3. The number of rotatable bonds is 5. The maximum Gasteiger partial charge on any atom is 0.322 e. The number of fused-ring (bicyclic) bond motifs is 1. The van der Waals surface area contributed by atoms with Gasteiger partial charge in [0.25, 0.3) is 0 Å². The third-order valence-electron chi connectivity index (χ3n) is 3.25. The Morgan fingerprint density at radius 2 is 1.71 bits per heavy atom. The van der Waals surface area contributed by atoms with E-state index in [-0.39, 0.29) is 10.8 Å². The number of carbonyl (C=O) groups is 1. The summed E-state index contributed by atoms with van der Waals surface area (Å²) in [6.45, 7) is 3.31. The molecule has 112 valence electrons. The zero-order chi connectivity index (χ0) is 15.6. The van der Waals surface area contributed by atoms with Gasteiger partial charge in [-0.05, 0) is 28.8 Å². The Balaban J connectivity index is 2.39. The molecular weight excluding hydrogens is 290 g/mol. The molecule has 6 heteroatoms. The highest BCUT2D eigenvalue weighted by Gasteiger charge is 2.27. The van der Waals surface area contributed by atoms with E-state index in [0.717, 1.165) is 10.8 Å². The fourth-order valence-electron chi connectivity index (χ4n) is 2.04. The number of carboxylic acid groups (broad SMARTS) is 1. The van der Waals surface area contributed by atoms with Crippen molar-refractivity contribution in [2.75, 3.05) is 0 Å². The van der Waals surface area contributed by atoms with Crippen LogP contribution in [0.5, 0.6) is 0 Å². The molecule has 0 fully saturated rings. The van der Waals surface area contributed by atoms with Crippen LogP contribution in [0.15, 0.2) is 47.4 Å². The standard InChI is InChI=1S/C15H17NO4S/c1-10(2)14(15(17)18)16-21(19,20)13-8-7-11-5-3-4-6-12(11)9-13/h3-10,14,16H,1-2H3,(H,17,18)/t14-/m1/s1. The van der Waals surface area contributed by atoms with Crippen LogP contribution in [0.2, 0.25) is 0 Å². The molecule has 0 spiro atoms. The normalized spacial score (nSPS) is 13.5. The molecule has 2 N–H and O–H groups in total. The van der Waals surface area contributed by atoms with E-state index >= 15 is 0 Å². The van der Waals surface area contributed by atoms with E-state index in [1.807, 2.05) is 24.3 Å². The lowest BCUT2D eigenvalue weighted by Crippen LogP contribution is -2.44. The van der Waals surface area contributed by atoms with Crippen LogP contribution >= 0.6 is 0 Å². The van der Waals surface area contributed by atoms with Gasteiger partial charge in [-0.25, -0.2) is 8.42 Å². The smallest absolute Gasteiger partial charge is 0.322 e. The van der Waals surface area contributed by atoms with Crippen LogP contribution in [-0.2, 0) is 14.8 Å². The molecule has 5 nitrogen and oxygen atoms in total. The highest BCUT2D eigenvalue weighted by molar-refractivity contribution is 7.89. The Bertz CT molecular complexity index is 768. The number of nitrogens with one attached hydrogen (secondary N) is 1. The van der Waals surface area contributed by atoms with E-state index in [9.17, 15) is 13.2 Å². The highest BCUT2D eigenvalue weighted by Crippen LogP contribution is 2.19. The molecule has 1 atom stereocenters. The second-order valence-corrected chi connectivity index (χ2v) is 6.90. The Morgan fingerprint density at radius 1 is 1.10 bits per heavy atom. The summed E-state index contributed by atoms with van der Waals surface area (Å²) in [6, 6.07) is 10.9.